The van der Waals surface area contributed by atoms with Crippen LogP contribution in [0.1, 0.15) is 29.5 Å². The Morgan fingerprint density at radius 3 is 2.71 bits per heavy atom. The molecule has 2 aliphatic carbocycles. The minimum absolute atomic E-state index is 0.305. The highest BCUT2D eigenvalue weighted by Crippen LogP contribution is 2.51. The van der Waals surface area contributed by atoms with Crippen LogP contribution in [0.15, 0.2) is 48.7 Å². The number of H-pyrrole nitrogens is 1. The van der Waals surface area contributed by atoms with Crippen LogP contribution in [0.25, 0.3) is 10.9 Å². The number of benzene rings is 2. The summed E-state index contributed by atoms with van der Waals surface area (Å²) >= 11 is 0. The van der Waals surface area contributed by atoms with E-state index in [1.54, 1.807) is 0 Å². The van der Waals surface area contributed by atoms with Crippen molar-refractivity contribution in [2.75, 3.05) is 26.2 Å². The predicted molar refractivity (Wildman–Crippen MR) is 120 cm³/mol. The van der Waals surface area contributed by atoms with Gasteiger partial charge in [-0.25, -0.2) is 0 Å². The highest BCUT2D eigenvalue weighted by Gasteiger charge is 2.55. The number of hydrogen-bond acceptors (Lipinski definition) is 3. The molecule has 2 fully saturated rings. The van der Waals surface area contributed by atoms with Crippen LogP contribution in [0.4, 0.5) is 0 Å². The number of nitrogens with zero attached hydrogens (tertiary/aromatic N) is 1. The molecule has 1 spiro atoms. The summed E-state index contributed by atoms with van der Waals surface area (Å²) in [6, 6.07) is 14.9. The Hall–Kier alpha value is -2.79. The first-order valence-corrected chi connectivity index (χ1v) is 11.3. The number of para-hydroxylation sites is 1. The van der Waals surface area contributed by atoms with Crippen molar-refractivity contribution in [3.05, 3.63) is 65.4 Å². The number of rotatable bonds is 7. The molecule has 1 aliphatic heterocycles. The molecule has 160 valence electrons. The molecule has 6 rings (SSSR count). The maximum absolute atomic E-state index is 11.5. The zero-order chi connectivity index (χ0) is 21.1. The summed E-state index contributed by atoms with van der Waals surface area (Å²) in [4.78, 5) is 17.2. The molecular weight excluding hydrogens is 388 g/mol. The summed E-state index contributed by atoms with van der Waals surface area (Å²) in [5.41, 5.74) is 5.16. The van der Waals surface area contributed by atoms with Crippen LogP contribution in [0, 0.1) is 10.8 Å². The molecule has 0 radical (unpaired) electrons. The van der Waals surface area contributed by atoms with Crippen molar-refractivity contribution in [3.63, 3.8) is 0 Å². The van der Waals surface area contributed by atoms with Crippen LogP contribution in [-0.4, -0.2) is 47.2 Å². The Bertz CT molecular complexity index is 1150. The van der Waals surface area contributed by atoms with Crippen LogP contribution in [-0.2, 0) is 24.1 Å². The van der Waals surface area contributed by atoms with Gasteiger partial charge < -0.3 is 19.7 Å². The molecule has 31 heavy (non-hydrogen) atoms. The molecule has 0 amide bonds. The van der Waals surface area contributed by atoms with Gasteiger partial charge in [-0.15, -0.1) is 0 Å². The summed E-state index contributed by atoms with van der Waals surface area (Å²) in [5.74, 6) is 0.340. The Kier molecular flexibility index (Phi) is 4.19. The zero-order valence-electron chi connectivity index (χ0n) is 17.7. The summed E-state index contributed by atoms with van der Waals surface area (Å²) < 4.78 is 6.11. The maximum atomic E-state index is 11.5. The number of aliphatic carboxylic acids is 1. The van der Waals surface area contributed by atoms with Gasteiger partial charge in [-0.2, -0.15) is 0 Å². The standard InChI is InChI=1S/C26H28N2O3/c29-24(30)26(8-9-26)17-28-15-25(16-28)12-18-5-6-21(11-20(18)13-25)31-10-7-19-14-27-23-4-2-1-3-22(19)23/h1-6,11,14,27H,7-10,12-13,15-17H2,(H,29,30). The first-order valence-electron chi connectivity index (χ1n) is 11.3. The maximum Gasteiger partial charge on any atom is 0.310 e. The molecule has 1 aromatic heterocycles. The van der Waals surface area contributed by atoms with E-state index in [0.717, 1.165) is 57.5 Å². The average Bonchev–Trinajstić information content (AvgIpc) is 3.26. The molecule has 5 heteroatoms. The van der Waals surface area contributed by atoms with Gasteiger partial charge in [0.05, 0.1) is 12.0 Å². The van der Waals surface area contributed by atoms with Gasteiger partial charge >= 0.3 is 5.97 Å². The number of nitrogens with one attached hydrogen (secondary N) is 1. The number of carbonyl (C=O) groups is 1. The fourth-order valence-electron chi connectivity index (χ4n) is 5.77. The van der Waals surface area contributed by atoms with Crippen molar-refractivity contribution < 1.29 is 14.6 Å². The zero-order valence-corrected chi connectivity index (χ0v) is 17.7. The van der Waals surface area contributed by atoms with Gasteiger partial charge in [0.1, 0.15) is 5.75 Å². The topological polar surface area (TPSA) is 65.6 Å². The highest BCUT2D eigenvalue weighted by atomic mass is 16.5. The third-order valence-corrected chi connectivity index (χ3v) is 7.58. The fraction of sp³-hybridized carbons (Fsp3) is 0.423. The fourth-order valence-corrected chi connectivity index (χ4v) is 5.77. The molecular formula is C26H28N2O3. The molecule has 2 N–H and O–H groups in total. The molecule has 2 aromatic carbocycles. The van der Waals surface area contributed by atoms with E-state index in [2.05, 4.69) is 52.5 Å². The second kappa shape index (κ2) is 6.86. The quantitative estimate of drug-likeness (QED) is 0.610. The van der Waals surface area contributed by atoms with E-state index >= 15 is 0 Å². The van der Waals surface area contributed by atoms with E-state index in [1.165, 1.54) is 27.6 Å². The molecule has 3 aliphatic rings. The summed E-state index contributed by atoms with van der Waals surface area (Å²) in [5, 5.41) is 10.7. The lowest BCUT2D eigenvalue weighted by Crippen LogP contribution is -2.58. The van der Waals surface area contributed by atoms with Crippen molar-refractivity contribution in [2.45, 2.75) is 32.1 Å². The van der Waals surface area contributed by atoms with E-state index in [9.17, 15) is 9.90 Å². The van der Waals surface area contributed by atoms with Crippen LogP contribution >= 0.6 is 0 Å². The molecule has 3 aromatic rings. The second-order valence-electron chi connectivity index (χ2n) is 9.97. The van der Waals surface area contributed by atoms with E-state index < -0.39 is 11.4 Å². The number of aromatic nitrogens is 1. The predicted octanol–water partition coefficient (Wildman–Crippen LogP) is 4.05. The Morgan fingerprint density at radius 2 is 1.90 bits per heavy atom. The number of carboxylic acids is 1. The van der Waals surface area contributed by atoms with E-state index in [1.807, 2.05) is 6.07 Å². The van der Waals surface area contributed by atoms with Crippen LogP contribution in [0.2, 0.25) is 0 Å². The third-order valence-electron chi connectivity index (χ3n) is 7.58. The first kappa shape index (κ1) is 18.9. The second-order valence-corrected chi connectivity index (χ2v) is 9.97. The van der Waals surface area contributed by atoms with Crippen molar-refractivity contribution in [2.24, 2.45) is 10.8 Å². The lowest BCUT2D eigenvalue weighted by atomic mass is 9.76. The van der Waals surface area contributed by atoms with Gasteiger partial charge in [-0.3, -0.25) is 4.79 Å². The Labute approximate surface area is 182 Å². The van der Waals surface area contributed by atoms with Crippen molar-refractivity contribution in [3.8, 4) is 5.75 Å². The number of aromatic amines is 1. The highest BCUT2D eigenvalue weighted by molar-refractivity contribution is 5.83. The Morgan fingerprint density at radius 1 is 1.10 bits per heavy atom. The molecule has 1 saturated carbocycles. The molecule has 1 saturated heterocycles. The molecule has 2 heterocycles. The summed E-state index contributed by atoms with van der Waals surface area (Å²) in [6.07, 6.45) is 6.83. The lowest BCUT2D eigenvalue weighted by molar-refractivity contribution is -0.145. The van der Waals surface area contributed by atoms with Gasteiger partial charge in [0.25, 0.3) is 0 Å². The monoisotopic (exact) mass is 416 g/mol. The van der Waals surface area contributed by atoms with Gasteiger partial charge in [0.2, 0.25) is 0 Å². The number of carboxylic acid groups (broad SMARTS) is 1. The van der Waals surface area contributed by atoms with Crippen molar-refractivity contribution in [1.29, 1.82) is 0 Å². The van der Waals surface area contributed by atoms with E-state index in [0.29, 0.717) is 12.0 Å². The van der Waals surface area contributed by atoms with Gasteiger partial charge in [0, 0.05) is 48.6 Å². The first-order chi connectivity index (χ1) is 15.0. The minimum atomic E-state index is -0.613. The van der Waals surface area contributed by atoms with Crippen molar-refractivity contribution in [1.82, 2.24) is 9.88 Å². The largest absolute Gasteiger partial charge is 0.493 e. The molecule has 5 nitrogen and oxygen atoms in total. The smallest absolute Gasteiger partial charge is 0.310 e. The normalized spacial score (nSPS) is 20.5. The summed E-state index contributed by atoms with van der Waals surface area (Å²) in [6.45, 7) is 3.43. The van der Waals surface area contributed by atoms with Gasteiger partial charge in [0.15, 0.2) is 0 Å². The Balaban J connectivity index is 1.05. The summed E-state index contributed by atoms with van der Waals surface area (Å²) in [7, 11) is 0. The van der Waals surface area contributed by atoms with Crippen molar-refractivity contribution >= 4 is 16.9 Å². The van der Waals surface area contributed by atoms with Crippen LogP contribution in [0.3, 0.4) is 0 Å². The third kappa shape index (κ3) is 3.32. The van der Waals surface area contributed by atoms with Gasteiger partial charge in [-0.1, -0.05) is 24.3 Å². The SMILES string of the molecule is O=C(O)C1(CN2CC3(Cc4ccc(OCCc5c[nH]c6ccccc56)cc4C3)C2)CC1. The van der Waals surface area contributed by atoms with E-state index in [-0.39, 0.29) is 0 Å². The van der Waals surface area contributed by atoms with Crippen LogP contribution in [0.5, 0.6) is 5.75 Å². The van der Waals surface area contributed by atoms with E-state index in [4.69, 9.17) is 4.74 Å². The number of likely N-dealkylation sites (tertiary alicyclic amines) is 1. The lowest BCUT2D eigenvalue weighted by Gasteiger charge is -2.49. The average molecular weight is 417 g/mol. The molecule has 0 bridgehead atoms. The number of hydrogen-bond donors (Lipinski definition) is 2. The number of ether oxygens (including phenoxy) is 1. The van der Waals surface area contributed by atoms with Gasteiger partial charge in [-0.05, 0) is 60.6 Å². The van der Waals surface area contributed by atoms with Crippen LogP contribution < -0.4 is 4.74 Å². The number of fused-ring (bicyclic) bond motifs is 2. The molecule has 0 unspecified atom stereocenters. The molecule has 0 atom stereocenters. The minimum Gasteiger partial charge on any atom is -0.493 e.